The first kappa shape index (κ1) is 55.4. The van der Waals surface area contributed by atoms with Crippen LogP contribution in [0.25, 0.3) is 0 Å². The second-order valence-electron chi connectivity index (χ2n) is 15.7. The van der Waals surface area contributed by atoms with E-state index in [1.54, 1.807) is 0 Å². The zero-order valence-corrected chi connectivity index (χ0v) is 38.3. The van der Waals surface area contributed by atoms with Gasteiger partial charge in [0.25, 0.3) is 7.82 Å². The molecule has 0 N–H and O–H groups in total. The second kappa shape index (κ2) is 41.2. The van der Waals surface area contributed by atoms with Gasteiger partial charge in [-0.25, -0.2) is 0 Å². The number of ether oxygens (including phenoxy) is 2. The molecule has 8 nitrogen and oxygen atoms in total. The molecule has 0 amide bonds. The SMILES string of the molecule is CC/C=C\C/C=C\C/C=C\C/C=C\C/C=C\C/C=C\CCC(=O)OC(COCCCCCCCC/C=C\C/C=C\CCCCCC)COP(=O)([O-])OCC[N+](C)(C)C. The van der Waals surface area contributed by atoms with E-state index in [-0.39, 0.29) is 26.2 Å². The summed E-state index contributed by atoms with van der Waals surface area (Å²) in [7, 11) is 1.29. The monoisotopic (exact) mass is 830 g/mol. The number of rotatable bonds is 40. The molecule has 0 fully saturated rings. The lowest BCUT2D eigenvalue weighted by molar-refractivity contribution is -0.870. The maximum Gasteiger partial charge on any atom is 0.306 e. The number of allylic oxidation sites excluding steroid dienone is 16. The Morgan fingerprint density at radius 1 is 0.552 bits per heavy atom. The van der Waals surface area contributed by atoms with Crippen molar-refractivity contribution in [2.24, 2.45) is 0 Å². The van der Waals surface area contributed by atoms with Gasteiger partial charge in [-0.1, -0.05) is 156 Å². The molecule has 2 unspecified atom stereocenters. The van der Waals surface area contributed by atoms with Crippen LogP contribution in [0, 0.1) is 0 Å². The number of nitrogens with zero attached hydrogens (tertiary/aromatic N) is 1. The topological polar surface area (TPSA) is 94.1 Å². The summed E-state index contributed by atoms with van der Waals surface area (Å²) in [5, 5.41) is 0. The standard InChI is InChI=1S/C49H84NO7P/c1-6-8-10-12-14-16-18-20-22-24-25-26-28-30-32-34-36-38-40-42-49(51)57-48(47-56-58(52,53)55-45-43-50(3,4)5)46-54-44-41-39-37-35-33-31-29-27-23-21-19-17-15-13-11-9-7-2/h8,10,14,16-17,19-20,22-23,25-27,30,32,36,38,48H,6-7,9,11-13,15,18,21,24,28-29,31,33-35,37,39-47H2,1-5H3/b10-8-,16-14-,19-17-,22-20-,26-25-,27-23-,32-30-,38-36-. The van der Waals surface area contributed by atoms with Crippen molar-refractivity contribution >= 4 is 13.8 Å². The van der Waals surface area contributed by atoms with Gasteiger partial charge in [-0.3, -0.25) is 9.36 Å². The van der Waals surface area contributed by atoms with Crippen LogP contribution in [0.5, 0.6) is 0 Å². The molecule has 0 aromatic rings. The number of carbonyl (C=O) groups is 1. The molecule has 9 heteroatoms. The average molecular weight is 830 g/mol. The van der Waals surface area contributed by atoms with Gasteiger partial charge in [0.15, 0.2) is 0 Å². The molecule has 0 radical (unpaired) electrons. The van der Waals surface area contributed by atoms with Gasteiger partial charge in [0.1, 0.15) is 19.3 Å². The number of carbonyl (C=O) groups excluding carboxylic acids is 1. The fourth-order valence-corrected chi connectivity index (χ4v) is 6.15. The minimum absolute atomic E-state index is 0.00476. The van der Waals surface area contributed by atoms with Crippen LogP contribution in [-0.2, 0) is 27.9 Å². The molecule has 0 aromatic heterocycles. The molecule has 332 valence electrons. The number of hydrogen-bond acceptors (Lipinski definition) is 7. The Hall–Kier alpha value is -2.58. The predicted molar refractivity (Wildman–Crippen MR) is 245 cm³/mol. The third-order valence-corrected chi connectivity index (χ3v) is 9.85. The number of phosphoric ester groups is 1. The van der Waals surface area contributed by atoms with Crippen LogP contribution in [0.2, 0.25) is 0 Å². The molecule has 0 aliphatic heterocycles. The Kier molecular flexibility index (Phi) is 39.3. The van der Waals surface area contributed by atoms with E-state index in [0.29, 0.717) is 24.1 Å². The van der Waals surface area contributed by atoms with Crippen molar-refractivity contribution in [1.29, 1.82) is 0 Å². The molecule has 0 rings (SSSR count). The highest BCUT2D eigenvalue weighted by Crippen LogP contribution is 2.38. The van der Waals surface area contributed by atoms with Crippen LogP contribution in [-0.4, -0.2) is 70.7 Å². The van der Waals surface area contributed by atoms with Crippen LogP contribution >= 0.6 is 7.82 Å². The number of likely N-dealkylation sites (N-methyl/N-ethyl adjacent to an activating group) is 1. The summed E-state index contributed by atoms with van der Waals surface area (Å²) in [6, 6.07) is 0. The van der Waals surface area contributed by atoms with Gasteiger partial charge in [0.05, 0.1) is 34.4 Å². The van der Waals surface area contributed by atoms with E-state index in [4.69, 9.17) is 18.5 Å². The van der Waals surface area contributed by atoms with E-state index in [2.05, 4.69) is 98.9 Å². The van der Waals surface area contributed by atoms with Gasteiger partial charge >= 0.3 is 5.97 Å². The number of esters is 1. The summed E-state index contributed by atoms with van der Waals surface area (Å²) in [5.74, 6) is -0.424. The molecule has 0 saturated heterocycles. The molecule has 0 saturated carbocycles. The minimum atomic E-state index is -4.56. The highest BCUT2D eigenvalue weighted by atomic mass is 31.2. The molecule has 0 spiro atoms. The smallest absolute Gasteiger partial charge is 0.306 e. The third-order valence-electron chi connectivity index (χ3n) is 8.88. The summed E-state index contributed by atoms with van der Waals surface area (Å²) in [6.07, 6.45) is 55.8. The highest BCUT2D eigenvalue weighted by Gasteiger charge is 2.20. The largest absolute Gasteiger partial charge is 0.756 e. The lowest BCUT2D eigenvalue weighted by Crippen LogP contribution is -2.37. The van der Waals surface area contributed by atoms with Gasteiger partial charge in [-0.2, -0.15) is 0 Å². The van der Waals surface area contributed by atoms with Gasteiger partial charge in [0.2, 0.25) is 0 Å². The number of unbranched alkanes of at least 4 members (excludes halogenated alkanes) is 10. The quantitative estimate of drug-likeness (QED) is 0.0200. The lowest BCUT2D eigenvalue weighted by atomic mass is 10.1. The summed E-state index contributed by atoms with van der Waals surface area (Å²) in [5.41, 5.74) is 0. The van der Waals surface area contributed by atoms with Crippen molar-refractivity contribution in [1.82, 2.24) is 0 Å². The third kappa shape index (κ3) is 44.5. The van der Waals surface area contributed by atoms with Gasteiger partial charge in [-0.05, 0) is 83.5 Å². The zero-order valence-electron chi connectivity index (χ0n) is 37.5. The number of quaternary nitrogens is 1. The van der Waals surface area contributed by atoms with E-state index in [9.17, 15) is 14.3 Å². The lowest BCUT2D eigenvalue weighted by Gasteiger charge is -2.28. The van der Waals surface area contributed by atoms with Gasteiger partial charge < -0.3 is 27.9 Å². The first-order chi connectivity index (χ1) is 28.1. The number of phosphoric acid groups is 1. The first-order valence-corrected chi connectivity index (χ1v) is 23.9. The Morgan fingerprint density at radius 3 is 1.50 bits per heavy atom. The molecule has 0 heterocycles. The predicted octanol–water partition coefficient (Wildman–Crippen LogP) is 12.8. The molecule has 0 aliphatic rings. The second-order valence-corrected chi connectivity index (χ2v) is 17.1. The fourth-order valence-electron chi connectivity index (χ4n) is 5.42. The Balaban J connectivity index is 4.41. The van der Waals surface area contributed by atoms with Crippen LogP contribution in [0.15, 0.2) is 97.2 Å². The van der Waals surface area contributed by atoms with Crippen molar-refractivity contribution < 1.29 is 37.3 Å². The van der Waals surface area contributed by atoms with E-state index in [1.165, 1.54) is 51.4 Å². The Bertz CT molecular complexity index is 1240. The molecular formula is C49H84NO7P. The van der Waals surface area contributed by atoms with Gasteiger partial charge in [-0.15, -0.1) is 0 Å². The summed E-state index contributed by atoms with van der Waals surface area (Å²) in [4.78, 5) is 25.0. The van der Waals surface area contributed by atoms with Crippen LogP contribution in [0.3, 0.4) is 0 Å². The minimum Gasteiger partial charge on any atom is -0.756 e. The van der Waals surface area contributed by atoms with Gasteiger partial charge in [0, 0.05) is 13.0 Å². The highest BCUT2D eigenvalue weighted by molar-refractivity contribution is 7.45. The Labute approximate surface area is 356 Å². The van der Waals surface area contributed by atoms with Crippen LogP contribution in [0.1, 0.15) is 149 Å². The fraction of sp³-hybridized carbons (Fsp3) is 0.653. The van der Waals surface area contributed by atoms with Crippen LogP contribution in [0.4, 0.5) is 0 Å². The first-order valence-electron chi connectivity index (χ1n) is 22.5. The summed E-state index contributed by atoms with van der Waals surface area (Å²) in [6.45, 7) is 5.12. The van der Waals surface area contributed by atoms with Crippen molar-refractivity contribution in [3.05, 3.63) is 97.2 Å². The maximum atomic E-state index is 12.7. The van der Waals surface area contributed by atoms with Crippen molar-refractivity contribution in [3.63, 3.8) is 0 Å². The molecule has 0 aromatic carbocycles. The normalized spacial score (nSPS) is 14.7. The molecule has 0 aliphatic carbocycles. The van der Waals surface area contributed by atoms with Crippen molar-refractivity contribution in [2.45, 2.75) is 155 Å². The number of hydrogen-bond donors (Lipinski definition) is 0. The van der Waals surface area contributed by atoms with Crippen molar-refractivity contribution in [3.8, 4) is 0 Å². The maximum absolute atomic E-state index is 12.7. The van der Waals surface area contributed by atoms with E-state index < -0.39 is 19.9 Å². The molecular weight excluding hydrogens is 746 g/mol. The van der Waals surface area contributed by atoms with Crippen molar-refractivity contribution in [2.75, 3.05) is 54.1 Å². The Morgan fingerprint density at radius 2 is 1.00 bits per heavy atom. The van der Waals surface area contributed by atoms with E-state index in [0.717, 1.165) is 70.6 Å². The average Bonchev–Trinajstić information content (AvgIpc) is 3.18. The zero-order chi connectivity index (χ0) is 42.7. The molecule has 0 bridgehead atoms. The molecule has 2 atom stereocenters. The van der Waals surface area contributed by atoms with E-state index in [1.807, 2.05) is 33.3 Å². The molecule has 58 heavy (non-hydrogen) atoms. The van der Waals surface area contributed by atoms with Crippen LogP contribution < -0.4 is 4.89 Å². The summed E-state index contributed by atoms with van der Waals surface area (Å²) >= 11 is 0. The summed E-state index contributed by atoms with van der Waals surface area (Å²) < 4.78 is 34.5. The van der Waals surface area contributed by atoms with E-state index >= 15 is 0 Å².